The predicted molar refractivity (Wildman–Crippen MR) is 121 cm³/mol. The third-order valence-electron chi connectivity index (χ3n) is 7.11. The Kier molecular flexibility index (Phi) is 4.24. The average molecular weight is 425 g/mol. The molecular formula is C25H23N5O2. The monoisotopic (exact) mass is 425 g/mol. The first-order chi connectivity index (χ1) is 15.6. The molecule has 0 radical (unpaired) electrons. The van der Waals surface area contributed by atoms with Crippen molar-refractivity contribution >= 4 is 16.7 Å². The molecule has 2 fully saturated rings. The van der Waals surface area contributed by atoms with Crippen molar-refractivity contribution in [3.63, 3.8) is 0 Å². The topological polar surface area (TPSA) is 104 Å². The predicted octanol–water partition coefficient (Wildman–Crippen LogP) is 3.77. The number of nitrogens with one attached hydrogen (secondary N) is 3. The van der Waals surface area contributed by atoms with Gasteiger partial charge in [-0.15, -0.1) is 0 Å². The summed E-state index contributed by atoms with van der Waals surface area (Å²) >= 11 is 0. The molecule has 7 nitrogen and oxygen atoms in total. The molecule has 32 heavy (non-hydrogen) atoms. The molecule has 2 aliphatic carbocycles. The molecule has 3 N–H and O–H groups in total. The summed E-state index contributed by atoms with van der Waals surface area (Å²) in [5, 5.41) is 18.8. The molecular weight excluding hydrogens is 402 g/mol. The van der Waals surface area contributed by atoms with E-state index in [1.165, 1.54) is 0 Å². The van der Waals surface area contributed by atoms with E-state index in [1.54, 1.807) is 6.20 Å². The van der Waals surface area contributed by atoms with Crippen molar-refractivity contribution in [3.05, 3.63) is 82.4 Å². The molecule has 1 spiro atoms. The van der Waals surface area contributed by atoms with Crippen molar-refractivity contribution in [2.45, 2.75) is 37.6 Å². The molecule has 0 saturated heterocycles. The van der Waals surface area contributed by atoms with Gasteiger partial charge in [0.2, 0.25) is 0 Å². The number of benzene rings is 2. The normalized spacial score (nSPS) is 24.1. The van der Waals surface area contributed by atoms with Gasteiger partial charge in [-0.2, -0.15) is 10.2 Å². The summed E-state index contributed by atoms with van der Waals surface area (Å²) in [4.78, 5) is 24.7. The summed E-state index contributed by atoms with van der Waals surface area (Å²) in [6.07, 6.45) is 5.90. The van der Waals surface area contributed by atoms with Gasteiger partial charge in [-0.1, -0.05) is 30.3 Å². The van der Waals surface area contributed by atoms with Crippen molar-refractivity contribution < 1.29 is 4.79 Å². The van der Waals surface area contributed by atoms with E-state index in [9.17, 15) is 9.59 Å². The molecule has 2 aliphatic rings. The second kappa shape index (κ2) is 7.15. The molecule has 4 aromatic rings. The molecule has 0 aliphatic heterocycles. The number of carbonyl (C=O) groups excluding carboxylic acids is 1. The largest absolute Gasteiger partial charge is 0.349 e. The zero-order chi connectivity index (χ0) is 21.7. The van der Waals surface area contributed by atoms with Crippen LogP contribution in [-0.4, -0.2) is 32.3 Å². The molecule has 2 aromatic carbocycles. The van der Waals surface area contributed by atoms with Gasteiger partial charge in [0.05, 0.1) is 16.8 Å². The summed E-state index contributed by atoms with van der Waals surface area (Å²) in [6.45, 7) is 0. The molecule has 2 heterocycles. The molecule has 1 amide bonds. The average Bonchev–Trinajstić information content (AvgIpc) is 3.30. The number of carbonyl (C=O) groups is 1. The van der Waals surface area contributed by atoms with Gasteiger partial charge in [0.1, 0.15) is 0 Å². The van der Waals surface area contributed by atoms with Crippen LogP contribution >= 0.6 is 0 Å². The van der Waals surface area contributed by atoms with E-state index >= 15 is 0 Å². The number of nitrogens with zero attached hydrogens (tertiary/aromatic N) is 2. The first-order valence-electron chi connectivity index (χ1n) is 11.0. The number of H-pyrrole nitrogens is 2. The lowest BCUT2D eigenvalue weighted by Crippen LogP contribution is -2.55. The highest BCUT2D eigenvalue weighted by Gasteiger charge is 2.54. The van der Waals surface area contributed by atoms with Crippen molar-refractivity contribution in [2.24, 2.45) is 5.41 Å². The molecule has 0 unspecified atom stereocenters. The Balaban J connectivity index is 1.07. The van der Waals surface area contributed by atoms with Gasteiger partial charge in [0.15, 0.2) is 0 Å². The lowest BCUT2D eigenvalue weighted by atomic mass is 9.49. The highest BCUT2D eigenvalue weighted by atomic mass is 16.1. The number of rotatable bonds is 4. The maximum absolute atomic E-state index is 12.7. The fourth-order valence-electron chi connectivity index (χ4n) is 5.53. The zero-order valence-electron chi connectivity index (χ0n) is 17.5. The van der Waals surface area contributed by atoms with E-state index in [4.69, 9.17) is 0 Å². The smallest absolute Gasteiger partial charge is 0.272 e. The van der Waals surface area contributed by atoms with Gasteiger partial charge < -0.3 is 5.32 Å². The van der Waals surface area contributed by atoms with Crippen LogP contribution in [0.4, 0.5) is 0 Å². The number of amides is 1. The van der Waals surface area contributed by atoms with Gasteiger partial charge in [-0.25, -0.2) is 5.10 Å². The quantitative estimate of drug-likeness (QED) is 0.463. The van der Waals surface area contributed by atoms with Crippen molar-refractivity contribution in [1.82, 2.24) is 25.7 Å². The van der Waals surface area contributed by atoms with Gasteiger partial charge >= 0.3 is 0 Å². The maximum atomic E-state index is 12.7. The second-order valence-corrected chi connectivity index (χ2v) is 9.20. The van der Waals surface area contributed by atoms with Gasteiger partial charge in [0.25, 0.3) is 11.5 Å². The third-order valence-corrected chi connectivity index (χ3v) is 7.11. The molecule has 0 atom stereocenters. The molecule has 0 bridgehead atoms. The molecule has 2 aromatic heterocycles. The molecule has 6 rings (SSSR count). The number of fused-ring (bicyclic) bond motifs is 1. The highest BCUT2D eigenvalue weighted by molar-refractivity contribution is 5.95. The summed E-state index contributed by atoms with van der Waals surface area (Å²) in [7, 11) is 0. The van der Waals surface area contributed by atoms with Crippen LogP contribution < -0.4 is 10.9 Å². The minimum Gasteiger partial charge on any atom is -0.349 e. The van der Waals surface area contributed by atoms with E-state index in [-0.39, 0.29) is 17.5 Å². The lowest BCUT2D eigenvalue weighted by Gasteiger charge is -2.57. The van der Waals surface area contributed by atoms with E-state index in [1.807, 2.05) is 54.6 Å². The summed E-state index contributed by atoms with van der Waals surface area (Å²) in [6, 6.07) is 17.3. The molecule has 2 saturated carbocycles. The number of hydrogen-bond acceptors (Lipinski definition) is 4. The first-order valence-corrected chi connectivity index (χ1v) is 11.0. The Morgan fingerprint density at radius 1 is 0.938 bits per heavy atom. The summed E-state index contributed by atoms with van der Waals surface area (Å²) in [5.41, 5.74) is 3.67. The third kappa shape index (κ3) is 3.12. The summed E-state index contributed by atoms with van der Waals surface area (Å²) in [5.74, 6) is 0.339. The van der Waals surface area contributed by atoms with Crippen LogP contribution in [0.1, 0.15) is 47.7 Å². The van der Waals surface area contributed by atoms with Crippen molar-refractivity contribution in [2.75, 3.05) is 0 Å². The van der Waals surface area contributed by atoms with E-state index < -0.39 is 0 Å². The molecule has 160 valence electrons. The second-order valence-electron chi connectivity index (χ2n) is 9.20. The summed E-state index contributed by atoms with van der Waals surface area (Å²) < 4.78 is 0. The Morgan fingerprint density at radius 3 is 2.41 bits per heavy atom. The van der Waals surface area contributed by atoms with Gasteiger partial charge in [0, 0.05) is 34.7 Å². The van der Waals surface area contributed by atoms with E-state index in [0.29, 0.717) is 22.3 Å². The van der Waals surface area contributed by atoms with E-state index in [2.05, 4.69) is 25.7 Å². The van der Waals surface area contributed by atoms with Crippen LogP contribution in [-0.2, 0) is 0 Å². The van der Waals surface area contributed by atoms with Crippen LogP contribution in [0.3, 0.4) is 0 Å². The minimum absolute atomic E-state index is 0.0254. The maximum Gasteiger partial charge on any atom is 0.272 e. The highest BCUT2D eigenvalue weighted by Crippen LogP contribution is 2.62. The van der Waals surface area contributed by atoms with Crippen LogP contribution in [0.25, 0.3) is 22.0 Å². The number of aromatic amines is 2. The van der Waals surface area contributed by atoms with Crippen LogP contribution in [0, 0.1) is 5.41 Å². The van der Waals surface area contributed by atoms with Crippen molar-refractivity contribution in [3.8, 4) is 11.3 Å². The Labute approximate surface area is 184 Å². The zero-order valence-corrected chi connectivity index (χ0v) is 17.5. The van der Waals surface area contributed by atoms with Gasteiger partial charge in [-0.05, 0) is 55.4 Å². The fourth-order valence-corrected chi connectivity index (χ4v) is 5.53. The van der Waals surface area contributed by atoms with Crippen LogP contribution in [0.15, 0.2) is 65.6 Å². The standard InChI is InChI=1S/C25H23N5O2/c31-23(16-7-5-15(6-8-16)21-9-10-26-28-21)27-18-13-25(14-18)11-17(12-25)22-19-3-1-2-4-20(19)24(32)30-29-22/h1-10,17-18H,11-14H2,(H,26,28)(H,27,31)(H,30,32)/t17-,18-,25?. The SMILES string of the molecule is O=C(N[C@H]1CC2(C1)C[C@H](c1n[nH]c(=O)c3ccccc31)C2)c1ccc(-c2cc[nH]n2)cc1. The van der Waals surface area contributed by atoms with Crippen LogP contribution in [0.5, 0.6) is 0 Å². The Hall–Kier alpha value is -3.74. The lowest BCUT2D eigenvalue weighted by molar-refractivity contribution is -0.0196. The van der Waals surface area contributed by atoms with Crippen molar-refractivity contribution in [1.29, 1.82) is 0 Å². The van der Waals surface area contributed by atoms with E-state index in [0.717, 1.165) is 48.0 Å². The fraction of sp³-hybridized carbons (Fsp3) is 0.280. The number of aromatic nitrogens is 4. The molecule has 7 heteroatoms. The Morgan fingerprint density at radius 2 is 1.69 bits per heavy atom. The van der Waals surface area contributed by atoms with Gasteiger partial charge in [-0.3, -0.25) is 14.7 Å². The minimum atomic E-state index is -0.137. The first kappa shape index (κ1) is 19.0. The number of hydrogen-bond donors (Lipinski definition) is 3. The Bertz CT molecular complexity index is 1340. The van der Waals surface area contributed by atoms with Crippen LogP contribution in [0.2, 0.25) is 0 Å².